The molecule has 3 rings (SSSR count). The van der Waals surface area contributed by atoms with Gasteiger partial charge in [-0.3, -0.25) is 14.6 Å². The Bertz CT molecular complexity index is 689. The molecule has 0 unspecified atom stereocenters. The molecule has 0 radical (unpaired) electrons. The topological polar surface area (TPSA) is 69.6 Å². The zero-order valence-electron chi connectivity index (χ0n) is 10.5. The van der Waals surface area contributed by atoms with E-state index in [2.05, 4.69) is 15.1 Å². The van der Waals surface area contributed by atoms with Crippen molar-refractivity contribution in [2.45, 2.75) is 0 Å². The first kappa shape index (κ1) is 11.4. The smallest absolute Gasteiger partial charge is 0.129 e. The number of rotatable bonds is 2. The number of aromatic nitrogens is 4. The highest BCUT2D eigenvalue weighted by atomic mass is 15.3. The second-order valence-electron chi connectivity index (χ2n) is 4.21. The first-order valence-electron chi connectivity index (χ1n) is 5.90. The van der Waals surface area contributed by atoms with E-state index in [0.717, 1.165) is 22.4 Å². The van der Waals surface area contributed by atoms with Crippen molar-refractivity contribution in [2.24, 2.45) is 7.05 Å². The van der Waals surface area contributed by atoms with Crippen LogP contribution in [-0.4, -0.2) is 19.7 Å². The quantitative estimate of drug-likeness (QED) is 0.757. The molecule has 19 heavy (non-hydrogen) atoms. The van der Waals surface area contributed by atoms with E-state index < -0.39 is 0 Å². The Morgan fingerprint density at radius 1 is 1.00 bits per heavy atom. The first-order valence-corrected chi connectivity index (χ1v) is 5.90. The lowest BCUT2D eigenvalue weighted by Gasteiger charge is -2.03. The van der Waals surface area contributed by atoms with Crippen molar-refractivity contribution >= 4 is 5.82 Å². The molecule has 0 aliphatic carbocycles. The van der Waals surface area contributed by atoms with E-state index in [1.807, 2.05) is 31.3 Å². The van der Waals surface area contributed by atoms with Crippen molar-refractivity contribution in [2.75, 3.05) is 5.73 Å². The molecule has 0 aliphatic heterocycles. The number of nitrogens with two attached hydrogens (primary N) is 1. The third-order valence-corrected chi connectivity index (χ3v) is 3.00. The maximum Gasteiger partial charge on any atom is 0.129 e. The molecule has 0 fully saturated rings. The van der Waals surface area contributed by atoms with Crippen LogP contribution in [0.1, 0.15) is 0 Å². The van der Waals surface area contributed by atoms with Gasteiger partial charge in [0, 0.05) is 37.4 Å². The molecule has 0 aromatic carbocycles. The van der Waals surface area contributed by atoms with Crippen molar-refractivity contribution in [3.63, 3.8) is 0 Å². The Kier molecular flexibility index (Phi) is 2.72. The average Bonchev–Trinajstić information content (AvgIpc) is 2.77. The van der Waals surface area contributed by atoms with Gasteiger partial charge in [-0.25, -0.2) is 0 Å². The van der Waals surface area contributed by atoms with E-state index in [0.29, 0.717) is 5.82 Å². The van der Waals surface area contributed by atoms with Gasteiger partial charge in [0.25, 0.3) is 0 Å². The number of aryl methyl sites for hydroxylation is 1. The van der Waals surface area contributed by atoms with Gasteiger partial charge < -0.3 is 5.73 Å². The number of hydrogen-bond donors (Lipinski definition) is 1. The summed E-state index contributed by atoms with van der Waals surface area (Å²) in [7, 11) is 1.83. The fourth-order valence-corrected chi connectivity index (χ4v) is 2.05. The van der Waals surface area contributed by atoms with E-state index in [1.165, 1.54) is 0 Å². The minimum Gasteiger partial charge on any atom is -0.383 e. The fraction of sp³-hybridized carbons (Fsp3) is 0.0714. The minimum atomic E-state index is 0.630. The van der Waals surface area contributed by atoms with Crippen LogP contribution in [0.15, 0.2) is 49.1 Å². The number of pyridine rings is 2. The minimum absolute atomic E-state index is 0.630. The molecular weight excluding hydrogens is 238 g/mol. The number of nitrogen functional groups attached to an aromatic ring is 1. The summed E-state index contributed by atoms with van der Waals surface area (Å²) in [4.78, 5) is 8.16. The summed E-state index contributed by atoms with van der Waals surface area (Å²) < 4.78 is 1.68. The van der Waals surface area contributed by atoms with Gasteiger partial charge in [0.2, 0.25) is 0 Å². The van der Waals surface area contributed by atoms with E-state index >= 15 is 0 Å². The second kappa shape index (κ2) is 4.53. The molecule has 0 saturated carbocycles. The lowest BCUT2D eigenvalue weighted by atomic mass is 10.0. The highest BCUT2D eigenvalue weighted by molar-refractivity contribution is 5.87. The zero-order chi connectivity index (χ0) is 13.2. The van der Waals surface area contributed by atoms with Crippen LogP contribution in [0.3, 0.4) is 0 Å². The summed E-state index contributed by atoms with van der Waals surface area (Å²) in [5.74, 6) is 0.630. The molecule has 5 nitrogen and oxygen atoms in total. The molecule has 0 aliphatic rings. The molecule has 3 heterocycles. The van der Waals surface area contributed by atoms with Crippen LogP contribution in [-0.2, 0) is 7.05 Å². The Labute approximate surface area is 110 Å². The summed E-state index contributed by atoms with van der Waals surface area (Å²) in [5.41, 5.74) is 9.83. The van der Waals surface area contributed by atoms with E-state index in [1.54, 1.807) is 29.5 Å². The molecule has 0 spiro atoms. The van der Waals surface area contributed by atoms with Crippen molar-refractivity contribution in [1.82, 2.24) is 19.7 Å². The highest BCUT2D eigenvalue weighted by Gasteiger charge is 2.17. The zero-order valence-corrected chi connectivity index (χ0v) is 10.5. The summed E-state index contributed by atoms with van der Waals surface area (Å²) in [6, 6.07) is 7.70. The molecule has 0 saturated heterocycles. The Balaban J connectivity index is 2.25. The highest BCUT2D eigenvalue weighted by Crippen LogP contribution is 2.34. The molecule has 0 atom stereocenters. The van der Waals surface area contributed by atoms with Gasteiger partial charge in [-0.1, -0.05) is 0 Å². The molecule has 5 heteroatoms. The van der Waals surface area contributed by atoms with Crippen LogP contribution in [0.2, 0.25) is 0 Å². The van der Waals surface area contributed by atoms with Gasteiger partial charge in [0.15, 0.2) is 0 Å². The molecule has 0 bridgehead atoms. The fourth-order valence-electron chi connectivity index (χ4n) is 2.05. The van der Waals surface area contributed by atoms with E-state index in [4.69, 9.17) is 5.73 Å². The average molecular weight is 251 g/mol. The second-order valence-corrected chi connectivity index (χ2v) is 4.21. The molecule has 0 amide bonds. The number of nitrogens with zero attached hydrogens (tertiary/aromatic N) is 4. The summed E-state index contributed by atoms with van der Waals surface area (Å²) in [6.45, 7) is 0. The van der Waals surface area contributed by atoms with E-state index in [9.17, 15) is 0 Å². The Morgan fingerprint density at radius 3 is 2.47 bits per heavy atom. The predicted octanol–water partition coefficient (Wildman–Crippen LogP) is 2.13. The van der Waals surface area contributed by atoms with Gasteiger partial charge >= 0.3 is 0 Å². The van der Waals surface area contributed by atoms with Crippen molar-refractivity contribution in [3.8, 4) is 22.4 Å². The molecule has 2 N–H and O–H groups in total. The van der Waals surface area contributed by atoms with Crippen LogP contribution >= 0.6 is 0 Å². The normalized spacial score (nSPS) is 10.6. The van der Waals surface area contributed by atoms with Gasteiger partial charge in [0.05, 0.1) is 5.56 Å². The first-order chi connectivity index (χ1) is 9.27. The molecule has 3 aromatic heterocycles. The molecule has 94 valence electrons. The SMILES string of the molecule is Cn1nc(-c2cccnc2)c(-c2ccncc2)c1N. The standard InChI is InChI=1S/C14H13N5/c1-19-14(15)12(10-4-7-16-8-5-10)13(18-19)11-3-2-6-17-9-11/h2-9H,15H2,1H3. The number of hydrogen-bond acceptors (Lipinski definition) is 4. The summed E-state index contributed by atoms with van der Waals surface area (Å²) >= 11 is 0. The molecule has 3 aromatic rings. The van der Waals surface area contributed by atoms with Gasteiger partial charge in [-0.05, 0) is 29.8 Å². The third-order valence-electron chi connectivity index (χ3n) is 3.00. The Hall–Kier alpha value is -2.69. The molecular formula is C14H13N5. The largest absolute Gasteiger partial charge is 0.383 e. The van der Waals surface area contributed by atoms with Gasteiger partial charge in [-0.15, -0.1) is 0 Å². The van der Waals surface area contributed by atoms with Crippen molar-refractivity contribution < 1.29 is 0 Å². The Morgan fingerprint density at radius 2 is 1.79 bits per heavy atom. The van der Waals surface area contributed by atoms with Gasteiger partial charge in [-0.2, -0.15) is 5.10 Å². The summed E-state index contributed by atoms with van der Waals surface area (Å²) in [6.07, 6.45) is 7.01. The van der Waals surface area contributed by atoms with Crippen LogP contribution in [0.25, 0.3) is 22.4 Å². The van der Waals surface area contributed by atoms with Gasteiger partial charge in [0.1, 0.15) is 11.5 Å². The number of anilines is 1. The van der Waals surface area contributed by atoms with E-state index in [-0.39, 0.29) is 0 Å². The maximum absolute atomic E-state index is 6.13. The monoisotopic (exact) mass is 251 g/mol. The third kappa shape index (κ3) is 1.95. The van der Waals surface area contributed by atoms with Crippen molar-refractivity contribution in [3.05, 3.63) is 49.1 Å². The maximum atomic E-state index is 6.13. The van der Waals surface area contributed by atoms with Crippen LogP contribution < -0.4 is 5.73 Å². The lowest BCUT2D eigenvalue weighted by molar-refractivity contribution is 0.782. The predicted molar refractivity (Wildman–Crippen MR) is 74.1 cm³/mol. The lowest BCUT2D eigenvalue weighted by Crippen LogP contribution is -1.97. The van der Waals surface area contributed by atoms with Crippen LogP contribution in [0.5, 0.6) is 0 Å². The van der Waals surface area contributed by atoms with Crippen LogP contribution in [0.4, 0.5) is 5.82 Å². The van der Waals surface area contributed by atoms with Crippen molar-refractivity contribution in [1.29, 1.82) is 0 Å². The summed E-state index contributed by atoms with van der Waals surface area (Å²) in [5, 5.41) is 4.49. The van der Waals surface area contributed by atoms with Crippen LogP contribution in [0, 0.1) is 0 Å².